The fourth-order valence-corrected chi connectivity index (χ4v) is 2.97. The van der Waals surface area contributed by atoms with Crippen molar-refractivity contribution in [3.63, 3.8) is 0 Å². The van der Waals surface area contributed by atoms with Gasteiger partial charge in [0, 0.05) is 6.42 Å². The number of carbonyl (C=O) groups excluding carboxylic acids is 1. The second-order valence-corrected chi connectivity index (χ2v) is 7.03. The van der Waals surface area contributed by atoms with Gasteiger partial charge >= 0.3 is 5.97 Å². The van der Waals surface area contributed by atoms with E-state index in [0.29, 0.717) is 19.4 Å². The lowest BCUT2D eigenvalue weighted by atomic mass is 10.0. The molecule has 0 bridgehead atoms. The Bertz CT molecular complexity index is 341. The Morgan fingerprint density at radius 3 is 1.81 bits per heavy atom. The Morgan fingerprint density at radius 1 is 0.846 bits per heavy atom. The van der Waals surface area contributed by atoms with Crippen LogP contribution in [0.4, 0.5) is 0 Å². The molecule has 0 aromatic rings. The van der Waals surface area contributed by atoms with Gasteiger partial charge in [0.25, 0.3) is 0 Å². The minimum absolute atomic E-state index is 0. The van der Waals surface area contributed by atoms with Crippen LogP contribution in [0.15, 0.2) is 0 Å². The van der Waals surface area contributed by atoms with Gasteiger partial charge in [0.2, 0.25) is 5.91 Å². The zero-order chi connectivity index (χ0) is 18.8. The number of carboxylic acid groups (broad SMARTS) is 1. The molecule has 0 saturated carbocycles. The van der Waals surface area contributed by atoms with Crippen LogP contribution in [-0.4, -0.2) is 29.6 Å². The van der Waals surface area contributed by atoms with Crippen LogP contribution in [0, 0.1) is 0 Å². The highest BCUT2D eigenvalue weighted by Gasteiger charge is 2.18. The maximum Gasteiger partial charge on any atom is 0.326 e. The summed E-state index contributed by atoms with van der Waals surface area (Å²) in [6, 6.07) is -0.772. The first-order valence-electron chi connectivity index (χ1n) is 10.3. The SMILES string of the molecule is CCCCCCCCCCCCCC(=O)NC(CCCCN)C(=O)O.Cl. The van der Waals surface area contributed by atoms with E-state index in [1.807, 2.05) is 0 Å². The van der Waals surface area contributed by atoms with Gasteiger partial charge in [0.15, 0.2) is 0 Å². The third-order valence-electron chi connectivity index (χ3n) is 4.59. The predicted molar refractivity (Wildman–Crippen MR) is 111 cm³/mol. The summed E-state index contributed by atoms with van der Waals surface area (Å²) in [6.07, 6.45) is 16.1. The van der Waals surface area contributed by atoms with E-state index in [1.165, 1.54) is 57.8 Å². The highest BCUT2D eigenvalue weighted by atomic mass is 35.5. The van der Waals surface area contributed by atoms with Crippen LogP contribution >= 0.6 is 12.4 Å². The molecule has 6 heteroatoms. The third kappa shape index (κ3) is 18.0. The largest absolute Gasteiger partial charge is 0.480 e. The van der Waals surface area contributed by atoms with Crippen LogP contribution in [-0.2, 0) is 9.59 Å². The number of unbranched alkanes of at least 4 members (excludes halogenated alkanes) is 11. The number of nitrogens with two attached hydrogens (primary N) is 1. The molecule has 0 radical (unpaired) electrons. The number of carbonyl (C=O) groups is 2. The van der Waals surface area contributed by atoms with E-state index in [-0.39, 0.29) is 18.3 Å². The molecule has 1 amide bonds. The second kappa shape index (κ2) is 20.5. The molecule has 0 aliphatic heterocycles. The average Bonchev–Trinajstić information content (AvgIpc) is 2.58. The lowest BCUT2D eigenvalue weighted by Gasteiger charge is -2.14. The fourth-order valence-electron chi connectivity index (χ4n) is 2.97. The van der Waals surface area contributed by atoms with Crippen molar-refractivity contribution >= 4 is 24.3 Å². The molecule has 0 aromatic carbocycles. The zero-order valence-electron chi connectivity index (χ0n) is 16.6. The predicted octanol–water partition coefficient (Wildman–Crippen LogP) is 4.81. The molecular weight excluding hydrogens is 352 g/mol. The maximum atomic E-state index is 11.9. The number of rotatable bonds is 18. The molecule has 4 N–H and O–H groups in total. The first-order chi connectivity index (χ1) is 12.1. The van der Waals surface area contributed by atoms with Gasteiger partial charge in [-0.2, -0.15) is 0 Å². The van der Waals surface area contributed by atoms with E-state index in [4.69, 9.17) is 10.8 Å². The minimum Gasteiger partial charge on any atom is -0.480 e. The van der Waals surface area contributed by atoms with Gasteiger partial charge in [-0.1, -0.05) is 71.1 Å². The number of hydrogen-bond acceptors (Lipinski definition) is 3. The average molecular weight is 393 g/mol. The summed E-state index contributed by atoms with van der Waals surface area (Å²) in [7, 11) is 0. The smallest absolute Gasteiger partial charge is 0.326 e. The summed E-state index contributed by atoms with van der Waals surface area (Å²) >= 11 is 0. The Morgan fingerprint density at radius 2 is 1.35 bits per heavy atom. The van der Waals surface area contributed by atoms with E-state index in [9.17, 15) is 9.59 Å². The first kappa shape index (κ1) is 27.4. The molecule has 1 unspecified atom stereocenters. The Labute approximate surface area is 166 Å². The molecule has 0 spiro atoms. The van der Waals surface area contributed by atoms with Crippen molar-refractivity contribution in [2.45, 2.75) is 109 Å². The first-order valence-corrected chi connectivity index (χ1v) is 10.3. The van der Waals surface area contributed by atoms with Crippen molar-refractivity contribution in [3.05, 3.63) is 0 Å². The Balaban J connectivity index is 0. The molecule has 0 aliphatic rings. The summed E-state index contributed by atoms with van der Waals surface area (Å²) in [5, 5.41) is 11.8. The number of hydrogen-bond donors (Lipinski definition) is 3. The summed E-state index contributed by atoms with van der Waals surface area (Å²) in [4.78, 5) is 23.0. The lowest BCUT2D eigenvalue weighted by Crippen LogP contribution is -2.40. The molecule has 1 atom stereocenters. The molecule has 156 valence electrons. The van der Waals surface area contributed by atoms with Gasteiger partial charge in [-0.3, -0.25) is 4.79 Å². The van der Waals surface area contributed by atoms with Crippen LogP contribution in [0.3, 0.4) is 0 Å². The Hall–Kier alpha value is -0.810. The van der Waals surface area contributed by atoms with Crippen LogP contribution in [0.5, 0.6) is 0 Å². The monoisotopic (exact) mass is 392 g/mol. The van der Waals surface area contributed by atoms with Gasteiger partial charge in [-0.15, -0.1) is 12.4 Å². The van der Waals surface area contributed by atoms with Gasteiger partial charge in [-0.05, 0) is 32.2 Å². The van der Waals surface area contributed by atoms with Crippen molar-refractivity contribution in [1.29, 1.82) is 0 Å². The highest BCUT2D eigenvalue weighted by Crippen LogP contribution is 2.12. The van der Waals surface area contributed by atoms with E-state index in [2.05, 4.69) is 12.2 Å². The summed E-state index contributed by atoms with van der Waals surface area (Å²) in [6.45, 7) is 2.79. The Kier molecular flexibility index (Phi) is 21.6. The summed E-state index contributed by atoms with van der Waals surface area (Å²) in [5.74, 6) is -1.10. The van der Waals surface area contributed by atoms with Crippen molar-refractivity contribution < 1.29 is 14.7 Å². The van der Waals surface area contributed by atoms with E-state index in [1.54, 1.807) is 0 Å². The quantitative estimate of drug-likeness (QED) is 0.292. The van der Waals surface area contributed by atoms with Crippen LogP contribution in [0.25, 0.3) is 0 Å². The van der Waals surface area contributed by atoms with Gasteiger partial charge in [-0.25, -0.2) is 4.79 Å². The highest BCUT2D eigenvalue weighted by molar-refractivity contribution is 5.85. The number of carboxylic acids is 1. The van der Waals surface area contributed by atoms with Gasteiger partial charge in [0.1, 0.15) is 6.04 Å². The summed E-state index contributed by atoms with van der Waals surface area (Å²) in [5.41, 5.74) is 5.41. The molecular formula is C20H41ClN2O3. The van der Waals surface area contributed by atoms with Crippen molar-refractivity contribution in [1.82, 2.24) is 5.32 Å². The van der Waals surface area contributed by atoms with Crippen LogP contribution in [0.2, 0.25) is 0 Å². The summed E-state index contributed by atoms with van der Waals surface area (Å²) < 4.78 is 0. The molecule has 0 heterocycles. The molecule has 0 aliphatic carbocycles. The topological polar surface area (TPSA) is 92.4 Å². The molecule has 0 rings (SSSR count). The van der Waals surface area contributed by atoms with Crippen LogP contribution in [0.1, 0.15) is 103 Å². The number of nitrogens with one attached hydrogen (secondary N) is 1. The minimum atomic E-state index is -0.954. The van der Waals surface area contributed by atoms with Crippen molar-refractivity contribution in [3.8, 4) is 0 Å². The zero-order valence-corrected chi connectivity index (χ0v) is 17.5. The molecule has 0 fully saturated rings. The van der Waals surface area contributed by atoms with E-state index < -0.39 is 12.0 Å². The molecule has 5 nitrogen and oxygen atoms in total. The molecule has 0 saturated heterocycles. The molecule has 0 aromatic heterocycles. The van der Waals surface area contributed by atoms with Crippen LogP contribution < -0.4 is 11.1 Å². The number of halogens is 1. The van der Waals surface area contributed by atoms with Crippen molar-refractivity contribution in [2.24, 2.45) is 5.73 Å². The number of amides is 1. The van der Waals surface area contributed by atoms with Gasteiger partial charge in [0.05, 0.1) is 0 Å². The standard InChI is InChI=1S/C20H40N2O3.ClH/c1-2-3-4-5-6-7-8-9-10-11-12-16-19(23)22-18(20(24)25)15-13-14-17-21;/h18H,2-17,21H2,1H3,(H,22,23)(H,24,25);1H. The van der Waals surface area contributed by atoms with E-state index >= 15 is 0 Å². The van der Waals surface area contributed by atoms with Crippen molar-refractivity contribution in [2.75, 3.05) is 6.54 Å². The fraction of sp³-hybridized carbons (Fsp3) is 0.900. The molecule has 26 heavy (non-hydrogen) atoms. The second-order valence-electron chi connectivity index (χ2n) is 7.03. The lowest BCUT2D eigenvalue weighted by molar-refractivity contribution is -0.142. The third-order valence-corrected chi connectivity index (χ3v) is 4.59. The number of aliphatic carboxylic acids is 1. The normalized spacial score (nSPS) is 11.6. The van der Waals surface area contributed by atoms with Gasteiger partial charge < -0.3 is 16.2 Å². The maximum absolute atomic E-state index is 11.9. The van der Waals surface area contributed by atoms with E-state index in [0.717, 1.165) is 25.7 Å².